The summed E-state index contributed by atoms with van der Waals surface area (Å²) in [4.78, 5) is 4.36. The molecule has 0 amide bonds. The summed E-state index contributed by atoms with van der Waals surface area (Å²) < 4.78 is 15.7. The molecule has 0 saturated heterocycles. The number of halogens is 1. The first-order valence-electron chi connectivity index (χ1n) is 7.57. The van der Waals surface area contributed by atoms with Gasteiger partial charge in [0.05, 0.1) is 0 Å². The van der Waals surface area contributed by atoms with Crippen molar-refractivity contribution in [3.8, 4) is 0 Å². The first kappa shape index (κ1) is 15.7. The Morgan fingerprint density at radius 3 is 2.76 bits per heavy atom. The number of rotatable bonds is 7. The molecular weight excluding hydrogens is 265 g/mol. The average molecular weight is 289 g/mol. The first-order valence-corrected chi connectivity index (χ1v) is 7.57. The molecule has 1 unspecified atom stereocenters. The van der Waals surface area contributed by atoms with Gasteiger partial charge in [-0.3, -0.25) is 0 Å². The molecule has 1 atom stereocenters. The predicted octanol–water partition coefficient (Wildman–Crippen LogP) is 3.54. The van der Waals surface area contributed by atoms with Crippen molar-refractivity contribution >= 4 is 0 Å². The standard InChI is InChI=1S/C17H24FN3/c1-4-7-19-16(5-6-17-20-8-9-21(17)3)14-10-13(2)11-15(18)12-14/h8-12,16,19H,4-7H2,1-3H3. The van der Waals surface area contributed by atoms with Gasteiger partial charge in [-0.15, -0.1) is 0 Å². The summed E-state index contributed by atoms with van der Waals surface area (Å²) in [5.74, 6) is 0.900. The molecule has 1 heterocycles. The molecule has 0 aliphatic heterocycles. The summed E-state index contributed by atoms with van der Waals surface area (Å²) in [6.45, 7) is 5.00. The summed E-state index contributed by atoms with van der Waals surface area (Å²) in [5.41, 5.74) is 1.99. The Kier molecular flexibility index (Phi) is 5.51. The van der Waals surface area contributed by atoms with Crippen LogP contribution in [0.1, 0.15) is 42.8 Å². The summed E-state index contributed by atoms with van der Waals surface area (Å²) in [5, 5.41) is 3.52. The zero-order valence-electron chi connectivity index (χ0n) is 13.1. The largest absolute Gasteiger partial charge is 0.338 e. The maximum atomic E-state index is 13.6. The van der Waals surface area contributed by atoms with Crippen LogP contribution in [0, 0.1) is 12.7 Å². The molecule has 21 heavy (non-hydrogen) atoms. The average Bonchev–Trinajstić information content (AvgIpc) is 2.83. The molecule has 0 saturated carbocycles. The van der Waals surface area contributed by atoms with Crippen LogP contribution in [0.4, 0.5) is 4.39 Å². The fourth-order valence-electron chi connectivity index (χ4n) is 2.58. The van der Waals surface area contributed by atoms with Crippen molar-refractivity contribution in [3.05, 3.63) is 53.4 Å². The first-order chi connectivity index (χ1) is 10.1. The van der Waals surface area contributed by atoms with Crippen LogP contribution in [-0.2, 0) is 13.5 Å². The minimum atomic E-state index is -0.162. The normalized spacial score (nSPS) is 12.6. The van der Waals surface area contributed by atoms with E-state index >= 15 is 0 Å². The van der Waals surface area contributed by atoms with Gasteiger partial charge in [-0.25, -0.2) is 9.37 Å². The number of nitrogens with zero attached hydrogens (tertiary/aromatic N) is 2. The second-order valence-electron chi connectivity index (χ2n) is 5.56. The fourth-order valence-corrected chi connectivity index (χ4v) is 2.58. The molecule has 0 radical (unpaired) electrons. The van der Waals surface area contributed by atoms with Gasteiger partial charge in [0.25, 0.3) is 0 Å². The lowest BCUT2D eigenvalue weighted by Gasteiger charge is -2.19. The minimum absolute atomic E-state index is 0.162. The van der Waals surface area contributed by atoms with Crippen molar-refractivity contribution in [2.24, 2.45) is 7.05 Å². The highest BCUT2D eigenvalue weighted by molar-refractivity contribution is 5.26. The highest BCUT2D eigenvalue weighted by atomic mass is 19.1. The molecule has 0 fully saturated rings. The minimum Gasteiger partial charge on any atom is -0.338 e. The highest BCUT2D eigenvalue weighted by Crippen LogP contribution is 2.21. The van der Waals surface area contributed by atoms with Crippen molar-refractivity contribution < 1.29 is 4.39 Å². The van der Waals surface area contributed by atoms with Crippen molar-refractivity contribution in [3.63, 3.8) is 0 Å². The molecule has 3 nitrogen and oxygen atoms in total. The third kappa shape index (κ3) is 4.39. The topological polar surface area (TPSA) is 29.9 Å². The number of benzene rings is 1. The van der Waals surface area contributed by atoms with Gasteiger partial charge in [-0.05, 0) is 49.6 Å². The third-order valence-corrected chi connectivity index (χ3v) is 3.69. The zero-order valence-corrected chi connectivity index (χ0v) is 13.1. The van der Waals surface area contributed by atoms with Crippen LogP contribution in [-0.4, -0.2) is 16.1 Å². The molecule has 2 rings (SSSR count). The molecule has 1 aromatic heterocycles. The van der Waals surface area contributed by atoms with Crippen LogP contribution in [0.25, 0.3) is 0 Å². The Labute approximate surface area is 126 Å². The van der Waals surface area contributed by atoms with Gasteiger partial charge in [0.2, 0.25) is 0 Å². The van der Waals surface area contributed by atoms with E-state index < -0.39 is 0 Å². The monoisotopic (exact) mass is 289 g/mol. The molecular formula is C17H24FN3. The van der Waals surface area contributed by atoms with Crippen LogP contribution < -0.4 is 5.32 Å². The van der Waals surface area contributed by atoms with Crippen LogP contribution in [0.15, 0.2) is 30.6 Å². The molecule has 0 aliphatic carbocycles. The van der Waals surface area contributed by atoms with Gasteiger partial charge in [-0.2, -0.15) is 0 Å². The van der Waals surface area contributed by atoms with Gasteiger partial charge in [0.15, 0.2) is 0 Å². The van der Waals surface area contributed by atoms with Gasteiger partial charge < -0.3 is 9.88 Å². The van der Waals surface area contributed by atoms with E-state index in [0.29, 0.717) is 0 Å². The van der Waals surface area contributed by atoms with Crippen LogP contribution in [0.3, 0.4) is 0 Å². The lowest BCUT2D eigenvalue weighted by Crippen LogP contribution is -2.23. The van der Waals surface area contributed by atoms with Gasteiger partial charge in [-0.1, -0.05) is 13.0 Å². The third-order valence-electron chi connectivity index (χ3n) is 3.69. The SMILES string of the molecule is CCCNC(CCc1nccn1C)c1cc(C)cc(F)c1. The van der Waals surface area contributed by atoms with Gasteiger partial charge in [0.1, 0.15) is 11.6 Å². The molecule has 0 bridgehead atoms. The lowest BCUT2D eigenvalue weighted by atomic mass is 9.99. The molecule has 2 aromatic rings. The van der Waals surface area contributed by atoms with E-state index in [2.05, 4.69) is 23.3 Å². The van der Waals surface area contributed by atoms with Crippen molar-refractivity contribution in [2.45, 2.75) is 39.2 Å². The Balaban J connectivity index is 2.11. The smallest absolute Gasteiger partial charge is 0.123 e. The number of hydrogen-bond acceptors (Lipinski definition) is 2. The highest BCUT2D eigenvalue weighted by Gasteiger charge is 2.13. The fraction of sp³-hybridized carbons (Fsp3) is 0.471. The predicted molar refractivity (Wildman–Crippen MR) is 83.7 cm³/mol. The van der Waals surface area contributed by atoms with E-state index in [1.54, 1.807) is 12.1 Å². The number of nitrogens with one attached hydrogen (secondary N) is 1. The number of imidazole rings is 1. The zero-order chi connectivity index (χ0) is 15.2. The quantitative estimate of drug-likeness (QED) is 0.845. The molecule has 114 valence electrons. The maximum Gasteiger partial charge on any atom is 0.123 e. The van der Waals surface area contributed by atoms with Crippen LogP contribution in [0.5, 0.6) is 0 Å². The maximum absolute atomic E-state index is 13.6. The Morgan fingerprint density at radius 2 is 2.14 bits per heavy atom. The van der Waals surface area contributed by atoms with Crippen molar-refractivity contribution in [1.82, 2.24) is 14.9 Å². The summed E-state index contributed by atoms with van der Waals surface area (Å²) in [7, 11) is 2.00. The summed E-state index contributed by atoms with van der Waals surface area (Å²) in [6.07, 6.45) is 6.62. The van der Waals surface area contributed by atoms with Gasteiger partial charge in [0, 0.05) is 31.9 Å². The molecule has 4 heteroatoms. The van der Waals surface area contributed by atoms with E-state index in [1.165, 1.54) is 0 Å². The Bertz CT molecular complexity index is 557. The molecule has 1 N–H and O–H groups in total. The number of aromatic nitrogens is 2. The van der Waals surface area contributed by atoms with E-state index in [1.807, 2.05) is 30.9 Å². The van der Waals surface area contributed by atoms with Crippen molar-refractivity contribution in [1.29, 1.82) is 0 Å². The molecule has 0 aliphatic rings. The summed E-state index contributed by atoms with van der Waals surface area (Å²) >= 11 is 0. The van der Waals surface area contributed by atoms with E-state index in [0.717, 1.165) is 42.8 Å². The second-order valence-corrected chi connectivity index (χ2v) is 5.56. The number of hydrogen-bond donors (Lipinski definition) is 1. The van der Waals surface area contributed by atoms with E-state index in [9.17, 15) is 4.39 Å². The summed E-state index contributed by atoms with van der Waals surface area (Å²) in [6, 6.07) is 5.43. The van der Waals surface area contributed by atoms with Crippen molar-refractivity contribution in [2.75, 3.05) is 6.54 Å². The Hall–Kier alpha value is -1.68. The lowest BCUT2D eigenvalue weighted by molar-refractivity contribution is 0.487. The van der Waals surface area contributed by atoms with Crippen LogP contribution >= 0.6 is 0 Å². The van der Waals surface area contributed by atoms with Gasteiger partial charge >= 0.3 is 0 Å². The molecule has 0 spiro atoms. The second kappa shape index (κ2) is 7.36. The van der Waals surface area contributed by atoms with E-state index in [4.69, 9.17) is 0 Å². The van der Waals surface area contributed by atoms with Crippen LogP contribution in [0.2, 0.25) is 0 Å². The molecule has 1 aromatic carbocycles. The Morgan fingerprint density at radius 1 is 1.33 bits per heavy atom. The number of aryl methyl sites for hydroxylation is 3. The van der Waals surface area contributed by atoms with E-state index in [-0.39, 0.29) is 11.9 Å².